The van der Waals surface area contributed by atoms with Crippen LogP contribution in [0.2, 0.25) is 0 Å². The summed E-state index contributed by atoms with van der Waals surface area (Å²) in [5.41, 5.74) is 1.50. The summed E-state index contributed by atoms with van der Waals surface area (Å²) in [7, 11) is -3.13. The Labute approximate surface area is 202 Å². The van der Waals surface area contributed by atoms with Crippen molar-refractivity contribution in [2.45, 2.75) is 49.3 Å². The fraction of sp³-hybridized carbons (Fsp3) is 0.400. The maximum absolute atomic E-state index is 11.5. The van der Waals surface area contributed by atoms with Crippen LogP contribution in [0, 0.1) is 5.41 Å². The van der Waals surface area contributed by atoms with Gasteiger partial charge in [-0.15, -0.1) is 11.8 Å². The molecule has 0 amide bonds. The lowest BCUT2D eigenvalue weighted by Gasteiger charge is -2.41. The number of thioether (sulfide) groups is 1. The molecule has 0 radical (unpaired) electrons. The number of carbonyl (C=O) groups is 1. The number of fused-ring (bicyclic) bond motifs is 1. The van der Waals surface area contributed by atoms with Crippen LogP contribution in [0.5, 0.6) is 5.75 Å². The van der Waals surface area contributed by atoms with E-state index in [0.29, 0.717) is 17.2 Å². The first-order valence-corrected chi connectivity index (χ1v) is 14.1. The van der Waals surface area contributed by atoms with Crippen molar-refractivity contribution in [3.05, 3.63) is 54.8 Å². The molecule has 0 spiro atoms. The fourth-order valence-corrected chi connectivity index (χ4v) is 7.11. The molecule has 1 atom stereocenters. The summed E-state index contributed by atoms with van der Waals surface area (Å²) in [6.07, 6.45) is 7.74. The average molecular weight is 492 g/mol. The van der Waals surface area contributed by atoms with E-state index in [1.54, 1.807) is 6.07 Å². The zero-order valence-corrected chi connectivity index (χ0v) is 21.0. The van der Waals surface area contributed by atoms with Crippen LogP contribution in [0.15, 0.2) is 64.6 Å². The number of nitrogens with zero attached hydrogens (tertiary/aromatic N) is 1. The molecular formula is C25H33NO5S2. The molecule has 1 aliphatic rings. The zero-order chi connectivity index (χ0) is 24.1. The largest absolute Gasteiger partial charge is 0.478 e. The molecule has 8 heteroatoms. The van der Waals surface area contributed by atoms with Gasteiger partial charge >= 0.3 is 5.97 Å². The molecule has 1 unspecified atom stereocenters. The van der Waals surface area contributed by atoms with Crippen molar-refractivity contribution in [2.24, 2.45) is 5.41 Å². The van der Waals surface area contributed by atoms with E-state index in [1.807, 2.05) is 42.7 Å². The molecule has 0 saturated carbocycles. The molecule has 3 rings (SSSR count). The first kappa shape index (κ1) is 25.5. The summed E-state index contributed by atoms with van der Waals surface area (Å²) in [4.78, 5) is 14.3. The van der Waals surface area contributed by atoms with Crippen LogP contribution in [-0.2, 0) is 4.79 Å². The van der Waals surface area contributed by atoms with E-state index in [-0.39, 0.29) is 11.2 Å². The lowest BCUT2D eigenvalue weighted by Crippen LogP contribution is -2.37. The molecule has 2 aromatic rings. The number of anilines is 2. The minimum atomic E-state index is -3.13. The van der Waals surface area contributed by atoms with E-state index < -0.39 is 16.6 Å². The highest BCUT2D eigenvalue weighted by atomic mass is 32.3. The van der Waals surface area contributed by atoms with Gasteiger partial charge in [-0.25, -0.2) is 4.79 Å². The third-order valence-electron chi connectivity index (χ3n) is 6.17. The number of rotatable bonds is 9. The van der Waals surface area contributed by atoms with E-state index in [4.69, 9.17) is 9.84 Å². The van der Waals surface area contributed by atoms with Crippen molar-refractivity contribution in [1.82, 2.24) is 0 Å². The Hall–Kier alpha value is -2.13. The molecule has 0 bridgehead atoms. The Kier molecular flexibility index (Phi) is 8.39. The summed E-state index contributed by atoms with van der Waals surface area (Å²) < 4.78 is 28.6. The number of para-hydroxylation sites is 1. The van der Waals surface area contributed by atoms with Gasteiger partial charge in [-0.05, 0) is 37.3 Å². The van der Waals surface area contributed by atoms with E-state index in [2.05, 4.69) is 18.7 Å². The summed E-state index contributed by atoms with van der Waals surface area (Å²) in [6, 6.07) is 13.6. The number of unbranched alkanes of at least 4 members (excludes halogenated alkanes) is 1. The molecule has 180 valence electrons. The SMILES string of the molecule is CCCCC1(CC)CN(c2ccccc2)c2cc(SC)c(OC=CC(=O)O)cc2S(O)(O)C1. The maximum atomic E-state index is 11.5. The van der Waals surface area contributed by atoms with Crippen molar-refractivity contribution >= 4 is 39.7 Å². The van der Waals surface area contributed by atoms with Crippen LogP contribution in [-0.4, -0.2) is 38.7 Å². The molecule has 1 heterocycles. The van der Waals surface area contributed by atoms with Gasteiger partial charge in [0.2, 0.25) is 0 Å². The lowest BCUT2D eigenvalue weighted by molar-refractivity contribution is -0.131. The molecule has 1 aliphatic heterocycles. The number of hydrogen-bond acceptors (Lipinski definition) is 6. The summed E-state index contributed by atoms with van der Waals surface area (Å²) in [5, 5.41) is 8.89. The predicted molar refractivity (Wildman–Crippen MR) is 137 cm³/mol. The standard InChI is InChI=1S/C25H33NO5S2/c1-4-6-13-25(5-2)17-26(19-10-8-7-9-11-19)20-15-22(32-3)21(31-14-12-24(27)28)16-23(20)33(29,30)18-25/h7-12,14-16,29-30H,4-6,13,17-18H2,1-3H3,(H,27,28). The number of ether oxygens (including phenoxy) is 1. The molecule has 6 nitrogen and oxygen atoms in total. The van der Waals surface area contributed by atoms with Gasteiger partial charge in [0.1, 0.15) is 5.75 Å². The van der Waals surface area contributed by atoms with Gasteiger partial charge in [-0.1, -0.05) is 44.9 Å². The van der Waals surface area contributed by atoms with Crippen molar-refractivity contribution in [1.29, 1.82) is 0 Å². The van der Waals surface area contributed by atoms with Gasteiger partial charge in [0.05, 0.1) is 27.8 Å². The van der Waals surface area contributed by atoms with E-state index in [0.717, 1.165) is 54.3 Å². The summed E-state index contributed by atoms with van der Waals surface area (Å²) in [6.45, 7) is 4.97. The van der Waals surface area contributed by atoms with Crippen LogP contribution >= 0.6 is 22.4 Å². The second-order valence-electron chi connectivity index (χ2n) is 8.42. The molecule has 0 aliphatic carbocycles. The van der Waals surface area contributed by atoms with Crippen molar-refractivity contribution in [3.63, 3.8) is 0 Å². The Bertz CT molecular complexity index is 996. The van der Waals surface area contributed by atoms with Crippen LogP contribution in [0.1, 0.15) is 39.5 Å². The van der Waals surface area contributed by atoms with Crippen LogP contribution in [0.3, 0.4) is 0 Å². The second-order valence-corrected chi connectivity index (χ2v) is 11.3. The Morgan fingerprint density at radius 2 is 1.97 bits per heavy atom. The first-order valence-electron chi connectivity index (χ1n) is 11.1. The van der Waals surface area contributed by atoms with Gasteiger partial charge in [0.25, 0.3) is 0 Å². The highest BCUT2D eigenvalue weighted by molar-refractivity contribution is 8.24. The molecule has 0 saturated heterocycles. The Morgan fingerprint density at radius 1 is 1.24 bits per heavy atom. The van der Waals surface area contributed by atoms with Crippen molar-refractivity contribution < 1.29 is 23.7 Å². The number of carboxylic acid groups (broad SMARTS) is 1. The molecule has 2 aromatic carbocycles. The minimum Gasteiger partial charge on any atom is -0.478 e. The number of hydrogen-bond donors (Lipinski definition) is 3. The van der Waals surface area contributed by atoms with E-state index in [9.17, 15) is 13.9 Å². The lowest BCUT2D eigenvalue weighted by atomic mass is 9.81. The Morgan fingerprint density at radius 3 is 2.58 bits per heavy atom. The average Bonchev–Trinajstić information content (AvgIpc) is 2.90. The number of carboxylic acids is 1. The maximum Gasteiger partial charge on any atom is 0.331 e. The van der Waals surface area contributed by atoms with E-state index in [1.165, 1.54) is 11.8 Å². The summed E-state index contributed by atoms with van der Waals surface area (Å²) >= 11 is 1.46. The normalized spacial score (nSPS) is 20.8. The van der Waals surface area contributed by atoms with Crippen LogP contribution in [0.4, 0.5) is 11.4 Å². The third-order valence-corrected chi connectivity index (χ3v) is 8.98. The highest BCUT2D eigenvalue weighted by Gasteiger charge is 2.42. The topological polar surface area (TPSA) is 90.2 Å². The monoisotopic (exact) mass is 491 g/mol. The first-order chi connectivity index (χ1) is 15.7. The molecule has 3 N–H and O–H groups in total. The van der Waals surface area contributed by atoms with E-state index >= 15 is 0 Å². The third kappa shape index (κ3) is 5.87. The van der Waals surface area contributed by atoms with Crippen LogP contribution < -0.4 is 9.64 Å². The van der Waals surface area contributed by atoms with Gasteiger partial charge in [0.15, 0.2) is 0 Å². The van der Waals surface area contributed by atoms with Crippen molar-refractivity contribution in [2.75, 3.05) is 23.5 Å². The predicted octanol–water partition coefficient (Wildman–Crippen LogP) is 7.23. The molecule has 0 aromatic heterocycles. The van der Waals surface area contributed by atoms with Gasteiger partial charge in [-0.2, -0.15) is 10.6 Å². The number of aliphatic carboxylic acids is 1. The second kappa shape index (κ2) is 10.9. The molecular weight excluding hydrogens is 458 g/mol. The quantitative estimate of drug-likeness (QED) is 0.194. The zero-order valence-electron chi connectivity index (χ0n) is 19.4. The minimum absolute atomic E-state index is 0.256. The van der Waals surface area contributed by atoms with Gasteiger partial charge in [-0.3, -0.25) is 9.11 Å². The van der Waals surface area contributed by atoms with Crippen LogP contribution in [0.25, 0.3) is 0 Å². The van der Waals surface area contributed by atoms with Gasteiger partial charge < -0.3 is 14.7 Å². The smallest absolute Gasteiger partial charge is 0.331 e. The molecule has 0 fully saturated rings. The molecule has 33 heavy (non-hydrogen) atoms. The fourth-order valence-electron chi connectivity index (χ4n) is 4.32. The van der Waals surface area contributed by atoms with Gasteiger partial charge in [0, 0.05) is 29.5 Å². The summed E-state index contributed by atoms with van der Waals surface area (Å²) in [5.74, 6) is -0.418. The van der Waals surface area contributed by atoms with Crippen molar-refractivity contribution in [3.8, 4) is 5.75 Å². The number of benzene rings is 2. The highest BCUT2D eigenvalue weighted by Crippen LogP contribution is 2.62. The Balaban J connectivity index is 2.20.